The zero-order valence-electron chi connectivity index (χ0n) is 19.2. The van der Waals surface area contributed by atoms with E-state index in [0.29, 0.717) is 31.8 Å². The first-order valence-corrected chi connectivity index (χ1v) is 13.7. The van der Waals surface area contributed by atoms with Gasteiger partial charge in [0.15, 0.2) is 0 Å². The van der Waals surface area contributed by atoms with Crippen molar-refractivity contribution in [1.82, 2.24) is 0 Å². The van der Waals surface area contributed by atoms with Crippen molar-refractivity contribution in [2.24, 2.45) is 0 Å². The number of carbonyl (C=O) groups excluding carboxylic acids is 1. The molecule has 0 radical (unpaired) electrons. The van der Waals surface area contributed by atoms with Crippen molar-refractivity contribution in [3.05, 3.63) is 12.2 Å². The predicted molar refractivity (Wildman–Crippen MR) is 126 cm³/mol. The van der Waals surface area contributed by atoms with Crippen LogP contribution >= 0.6 is 8.15 Å². The molecule has 176 valence electrons. The van der Waals surface area contributed by atoms with E-state index in [1.54, 1.807) is 0 Å². The van der Waals surface area contributed by atoms with Gasteiger partial charge in [0.05, 0.1) is 13.0 Å². The second-order valence-electron chi connectivity index (χ2n) is 8.01. The van der Waals surface area contributed by atoms with Crippen LogP contribution in [0.2, 0.25) is 0 Å². The lowest BCUT2D eigenvalue weighted by molar-refractivity contribution is -0.143. The Morgan fingerprint density at radius 1 is 0.767 bits per heavy atom. The van der Waals surface area contributed by atoms with E-state index in [1.165, 1.54) is 57.8 Å². The van der Waals surface area contributed by atoms with Crippen molar-refractivity contribution in [3.8, 4) is 0 Å². The lowest BCUT2D eigenvalue weighted by Crippen LogP contribution is -2.07. The summed E-state index contributed by atoms with van der Waals surface area (Å²) in [5, 5.41) is 8.56. The minimum Gasteiger partial charge on any atom is -0.481 e. The highest BCUT2D eigenvalue weighted by atomic mass is 31.1. The molecule has 0 aromatic carbocycles. The molecule has 0 aromatic heterocycles. The number of unbranched alkanes of at least 4 members (excludes halogenated alkanes) is 11. The van der Waals surface area contributed by atoms with Crippen molar-refractivity contribution in [1.29, 1.82) is 0 Å². The fourth-order valence-electron chi connectivity index (χ4n) is 3.18. The van der Waals surface area contributed by atoms with Crippen LogP contribution in [0.25, 0.3) is 0 Å². The smallest absolute Gasteiger partial charge is 0.305 e. The Kier molecular flexibility index (Phi) is 22.0. The minimum absolute atomic E-state index is 0.00251. The molecule has 0 aromatic rings. The van der Waals surface area contributed by atoms with Crippen LogP contribution in [-0.4, -0.2) is 40.9 Å². The fourth-order valence-corrected chi connectivity index (χ4v) is 4.35. The maximum absolute atomic E-state index is 11.7. The van der Waals surface area contributed by atoms with Gasteiger partial charge in [0.25, 0.3) is 0 Å². The number of ether oxygens (including phenoxy) is 1. The summed E-state index contributed by atoms with van der Waals surface area (Å²) in [6.45, 7) is 2.57. The third-order valence-corrected chi connectivity index (χ3v) is 6.62. The SMILES string of the molecule is CCCCCCCC/C=C\CCCCCCCC(=O)OCCCP(O)CCC(=O)O. The van der Waals surface area contributed by atoms with Crippen LogP contribution in [0.4, 0.5) is 0 Å². The molecule has 0 saturated heterocycles. The average molecular weight is 445 g/mol. The molecule has 0 heterocycles. The first-order chi connectivity index (χ1) is 14.6. The molecule has 0 aliphatic carbocycles. The Balaban J connectivity index is 3.31. The van der Waals surface area contributed by atoms with E-state index in [9.17, 15) is 14.5 Å². The van der Waals surface area contributed by atoms with Gasteiger partial charge in [0.1, 0.15) is 0 Å². The zero-order chi connectivity index (χ0) is 22.3. The number of carbonyl (C=O) groups is 2. The molecule has 0 amide bonds. The quantitative estimate of drug-likeness (QED) is 0.0828. The van der Waals surface area contributed by atoms with Crippen molar-refractivity contribution in [3.63, 3.8) is 0 Å². The Morgan fingerprint density at radius 2 is 1.33 bits per heavy atom. The van der Waals surface area contributed by atoms with Gasteiger partial charge < -0.3 is 14.7 Å². The Morgan fingerprint density at radius 3 is 1.93 bits per heavy atom. The summed E-state index contributed by atoms with van der Waals surface area (Å²) in [7, 11) is -1.25. The van der Waals surface area contributed by atoms with Crippen molar-refractivity contribution < 1.29 is 24.3 Å². The van der Waals surface area contributed by atoms with Crippen LogP contribution in [0.3, 0.4) is 0 Å². The maximum Gasteiger partial charge on any atom is 0.305 e. The van der Waals surface area contributed by atoms with E-state index >= 15 is 0 Å². The molecule has 0 spiro atoms. The Hall–Kier alpha value is -0.930. The molecular formula is C24H45O5P. The van der Waals surface area contributed by atoms with Crippen molar-refractivity contribution >= 4 is 20.1 Å². The highest BCUT2D eigenvalue weighted by molar-refractivity contribution is 7.51. The van der Waals surface area contributed by atoms with E-state index in [4.69, 9.17) is 9.84 Å². The molecule has 0 aliphatic rings. The highest BCUT2D eigenvalue weighted by Gasteiger charge is 2.08. The van der Waals surface area contributed by atoms with E-state index < -0.39 is 14.1 Å². The van der Waals surface area contributed by atoms with Gasteiger partial charge in [-0.15, -0.1) is 0 Å². The van der Waals surface area contributed by atoms with Gasteiger partial charge in [-0.2, -0.15) is 0 Å². The standard InChI is InChI=1S/C24H45O5P/c1-2-3-4-5-6-7-8-9-10-11-12-13-14-15-16-18-24(27)29-20-17-21-30(28)22-19-23(25)26/h9-10,28H,2-8,11-22H2,1H3,(H,25,26)/b10-9-. The zero-order valence-corrected chi connectivity index (χ0v) is 20.1. The van der Waals surface area contributed by atoms with Gasteiger partial charge in [-0.05, 0) is 44.7 Å². The first-order valence-electron chi connectivity index (χ1n) is 12.0. The predicted octanol–water partition coefficient (Wildman–Crippen LogP) is 6.82. The number of allylic oxidation sites excluding steroid dienone is 2. The van der Waals surface area contributed by atoms with Gasteiger partial charge >= 0.3 is 11.9 Å². The molecule has 0 rings (SSSR count). The van der Waals surface area contributed by atoms with Gasteiger partial charge in [0, 0.05) is 20.7 Å². The lowest BCUT2D eigenvalue weighted by atomic mass is 10.1. The summed E-state index contributed by atoms with van der Waals surface area (Å²) in [5.74, 6) is -1.05. The van der Waals surface area contributed by atoms with Gasteiger partial charge in [0.2, 0.25) is 0 Å². The third-order valence-electron chi connectivity index (χ3n) is 5.05. The maximum atomic E-state index is 11.7. The van der Waals surface area contributed by atoms with Crippen LogP contribution in [0.1, 0.15) is 110 Å². The molecule has 1 unspecified atom stereocenters. The van der Waals surface area contributed by atoms with Crippen LogP contribution in [0.5, 0.6) is 0 Å². The lowest BCUT2D eigenvalue weighted by Gasteiger charge is -2.09. The molecule has 6 heteroatoms. The summed E-state index contributed by atoms with van der Waals surface area (Å²) in [4.78, 5) is 31.8. The molecule has 0 bridgehead atoms. The first kappa shape index (κ1) is 29.1. The summed E-state index contributed by atoms with van der Waals surface area (Å²) >= 11 is 0. The molecule has 0 saturated carbocycles. The summed E-state index contributed by atoms with van der Waals surface area (Å²) in [5.41, 5.74) is 0. The van der Waals surface area contributed by atoms with E-state index in [0.717, 1.165) is 25.7 Å². The molecule has 1 atom stereocenters. The highest BCUT2D eigenvalue weighted by Crippen LogP contribution is 2.31. The summed E-state index contributed by atoms with van der Waals surface area (Å²) < 4.78 is 5.17. The van der Waals surface area contributed by atoms with E-state index in [1.807, 2.05) is 0 Å². The topological polar surface area (TPSA) is 83.8 Å². The average Bonchev–Trinajstić information content (AvgIpc) is 2.72. The third kappa shape index (κ3) is 23.3. The van der Waals surface area contributed by atoms with Crippen LogP contribution < -0.4 is 0 Å². The number of hydrogen-bond donors (Lipinski definition) is 2. The van der Waals surface area contributed by atoms with Crippen molar-refractivity contribution in [2.75, 3.05) is 18.9 Å². The van der Waals surface area contributed by atoms with Crippen LogP contribution in [0.15, 0.2) is 12.2 Å². The second kappa shape index (κ2) is 22.7. The number of carboxylic acids is 1. The van der Waals surface area contributed by atoms with Gasteiger partial charge in [-0.25, -0.2) is 0 Å². The van der Waals surface area contributed by atoms with Crippen LogP contribution in [-0.2, 0) is 14.3 Å². The van der Waals surface area contributed by atoms with Gasteiger partial charge in [-0.1, -0.05) is 70.4 Å². The monoisotopic (exact) mass is 444 g/mol. The molecular weight excluding hydrogens is 399 g/mol. The number of aliphatic carboxylic acids is 1. The van der Waals surface area contributed by atoms with Crippen LogP contribution in [0, 0.1) is 0 Å². The van der Waals surface area contributed by atoms with Gasteiger partial charge in [-0.3, -0.25) is 9.59 Å². The normalized spacial score (nSPS) is 12.3. The summed E-state index contributed by atoms with van der Waals surface area (Å²) in [6.07, 6.45) is 22.6. The number of rotatable bonds is 22. The molecule has 5 nitrogen and oxygen atoms in total. The Labute approximate surface area is 185 Å². The second-order valence-corrected chi connectivity index (χ2v) is 9.91. The molecule has 30 heavy (non-hydrogen) atoms. The molecule has 2 N–H and O–H groups in total. The number of hydrogen-bond acceptors (Lipinski definition) is 4. The minimum atomic E-state index is -1.25. The Bertz CT molecular complexity index is 439. The van der Waals surface area contributed by atoms with Crippen molar-refractivity contribution in [2.45, 2.75) is 110 Å². The molecule has 0 fully saturated rings. The summed E-state index contributed by atoms with van der Waals surface area (Å²) in [6, 6.07) is 0. The fraction of sp³-hybridized carbons (Fsp3) is 0.833. The largest absolute Gasteiger partial charge is 0.481 e. The van der Waals surface area contributed by atoms with E-state index in [-0.39, 0.29) is 12.4 Å². The number of esters is 1. The number of carboxylic acid groups (broad SMARTS) is 1. The van der Waals surface area contributed by atoms with E-state index in [2.05, 4.69) is 19.1 Å². The molecule has 0 aliphatic heterocycles.